The summed E-state index contributed by atoms with van der Waals surface area (Å²) in [5.41, 5.74) is 9.65. The maximum atomic E-state index is 6.26. The highest BCUT2D eigenvalue weighted by Crippen LogP contribution is 2.27. The molecule has 1 unspecified atom stereocenters. The van der Waals surface area contributed by atoms with E-state index in [0.717, 1.165) is 24.0 Å². The molecule has 0 aromatic heterocycles. The highest BCUT2D eigenvalue weighted by Gasteiger charge is 2.10. The molecule has 0 saturated heterocycles. The summed E-state index contributed by atoms with van der Waals surface area (Å²) in [5, 5.41) is 1.09. The van der Waals surface area contributed by atoms with Crippen molar-refractivity contribution in [1.29, 1.82) is 0 Å². The molecule has 2 aromatic rings. The maximum absolute atomic E-state index is 6.26. The number of hydrogen-bond donors (Lipinski definition) is 1. The first-order chi connectivity index (χ1) is 9.11. The Morgan fingerprint density at radius 1 is 0.947 bits per heavy atom. The van der Waals surface area contributed by atoms with Crippen LogP contribution in [0.25, 0.3) is 0 Å². The Balaban J connectivity index is 2.22. The van der Waals surface area contributed by atoms with Crippen LogP contribution < -0.4 is 5.73 Å². The van der Waals surface area contributed by atoms with Crippen molar-refractivity contribution in [1.82, 2.24) is 0 Å². The van der Waals surface area contributed by atoms with E-state index in [-0.39, 0.29) is 6.04 Å². The van der Waals surface area contributed by atoms with Gasteiger partial charge in [-0.25, -0.2) is 0 Å². The number of aryl methyl sites for hydroxylation is 1. The van der Waals surface area contributed by atoms with Crippen molar-refractivity contribution in [2.24, 2.45) is 5.73 Å². The van der Waals surface area contributed by atoms with Crippen molar-refractivity contribution in [3.8, 4) is 0 Å². The van der Waals surface area contributed by atoms with Crippen LogP contribution in [0, 0.1) is 0 Å². The van der Waals surface area contributed by atoms with Gasteiger partial charge in [0.05, 0.1) is 16.1 Å². The molecular formula is C16H17Cl2N. The van der Waals surface area contributed by atoms with Crippen LogP contribution in [0.15, 0.2) is 42.5 Å². The van der Waals surface area contributed by atoms with E-state index in [2.05, 4.69) is 31.2 Å². The van der Waals surface area contributed by atoms with Crippen LogP contribution in [0.5, 0.6) is 0 Å². The molecule has 0 heterocycles. The molecule has 0 fully saturated rings. The summed E-state index contributed by atoms with van der Waals surface area (Å²) in [6.45, 7) is 2.18. The minimum absolute atomic E-state index is 0.176. The maximum Gasteiger partial charge on any atom is 0.0595 e. The minimum Gasteiger partial charge on any atom is -0.320 e. The summed E-state index contributed by atoms with van der Waals surface area (Å²) in [4.78, 5) is 0. The zero-order valence-electron chi connectivity index (χ0n) is 10.9. The number of rotatable bonds is 4. The fourth-order valence-electron chi connectivity index (χ4n) is 2.08. The molecule has 100 valence electrons. The Kier molecular flexibility index (Phi) is 4.87. The van der Waals surface area contributed by atoms with Crippen molar-refractivity contribution in [3.05, 3.63) is 69.2 Å². The fourth-order valence-corrected chi connectivity index (χ4v) is 2.39. The van der Waals surface area contributed by atoms with E-state index in [9.17, 15) is 0 Å². The molecule has 0 spiro atoms. The molecule has 0 aliphatic heterocycles. The molecule has 0 radical (unpaired) electrons. The average molecular weight is 294 g/mol. The smallest absolute Gasteiger partial charge is 0.0595 e. The molecule has 0 bridgehead atoms. The first-order valence-electron chi connectivity index (χ1n) is 6.41. The minimum atomic E-state index is -0.176. The van der Waals surface area contributed by atoms with Crippen LogP contribution in [0.4, 0.5) is 0 Å². The van der Waals surface area contributed by atoms with E-state index < -0.39 is 0 Å². The Morgan fingerprint density at radius 3 is 2.16 bits per heavy atom. The summed E-state index contributed by atoms with van der Waals surface area (Å²) in [6, 6.07) is 13.8. The second-order valence-electron chi connectivity index (χ2n) is 4.64. The van der Waals surface area contributed by atoms with E-state index in [1.54, 1.807) is 6.07 Å². The molecule has 0 aliphatic carbocycles. The van der Waals surface area contributed by atoms with Crippen molar-refractivity contribution in [2.75, 3.05) is 0 Å². The van der Waals surface area contributed by atoms with Gasteiger partial charge in [0.15, 0.2) is 0 Å². The molecule has 0 aliphatic rings. The van der Waals surface area contributed by atoms with E-state index >= 15 is 0 Å². The van der Waals surface area contributed by atoms with Gasteiger partial charge in [-0.1, -0.05) is 66.9 Å². The van der Waals surface area contributed by atoms with E-state index in [0.29, 0.717) is 10.0 Å². The van der Waals surface area contributed by atoms with Crippen LogP contribution in [-0.2, 0) is 6.42 Å². The van der Waals surface area contributed by atoms with Crippen molar-refractivity contribution in [3.63, 3.8) is 0 Å². The zero-order valence-corrected chi connectivity index (χ0v) is 12.4. The van der Waals surface area contributed by atoms with Gasteiger partial charge < -0.3 is 5.73 Å². The van der Waals surface area contributed by atoms with Crippen LogP contribution in [0.2, 0.25) is 10.0 Å². The van der Waals surface area contributed by atoms with E-state index in [4.69, 9.17) is 28.9 Å². The molecule has 3 heteroatoms. The monoisotopic (exact) mass is 293 g/mol. The summed E-state index contributed by atoms with van der Waals surface area (Å²) < 4.78 is 0. The molecule has 2 aromatic carbocycles. The summed E-state index contributed by atoms with van der Waals surface area (Å²) in [5.74, 6) is 0. The molecule has 2 N–H and O–H groups in total. The standard InChI is InChI=1S/C16H17Cl2N/c1-2-3-11-4-6-12(7-5-11)16(19)13-8-9-14(17)15(18)10-13/h4-10,16H,2-3,19H2,1H3. The lowest BCUT2D eigenvalue weighted by atomic mass is 9.98. The average Bonchev–Trinajstić information content (AvgIpc) is 2.42. The first kappa shape index (κ1) is 14.4. The lowest BCUT2D eigenvalue weighted by Crippen LogP contribution is -2.11. The molecule has 19 heavy (non-hydrogen) atoms. The summed E-state index contributed by atoms with van der Waals surface area (Å²) in [6.07, 6.45) is 2.25. The highest BCUT2D eigenvalue weighted by molar-refractivity contribution is 6.42. The topological polar surface area (TPSA) is 26.0 Å². The lowest BCUT2D eigenvalue weighted by molar-refractivity contribution is 0.865. The summed E-state index contributed by atoms with van der Waals surface area (Å²) >= 11 is 11.9. The zero-order chi connectivity index (χ0) is 13.8. The van der Waals surface area contributed by atoms with Gasteiger partial charge in [-0.3, -0.25) is 0 Å². The quantitative estimate of drug-likeness (QED) is 0.844. The third kappa shape index (κ3) is 3.50. The van der Waals surface area contributed by atoms with Gasteiger partial charge in [-0.05, 0) is 35.2 Å². The van der Waals surface area contributed by atoms with Crippen molar-refractivity contribution < 1.29 is 0 Å². The molecule has 0 amide bonds. The third-order valence-electron chi connectivity index (χ3n) is 3.18. The number of nitrogens with two attached hydrogens (primary N) is 1. The van der Waals surface area contributed by atoms with Crippen molar-refractivity contribution >= 4 is 23.2 Å². The number of halogens is 2. The fraction of sp³-hybridized carbons (Fsp3) is 0.250. The predicted octanol–water partition coefficient (Wildman–Crippen LogP) is 4.99. The van der Waals surface area contributed by atoms with Gasteiger partial charge in [0.25, 0.3) is 0 Å². The van der Waals surface area contributed by atoms with Gasteiger partial charge in [-0.15, -0.1) is 0 Å². The molecule has 1 nitrogen and oxygen atoms in total. The number of hydrogen-bond acceptors (Lipinski definition) is 1. The Hall–Kier alpha value is -1.02. The van der Waals surface area contributed by atoms with Crippen LogP contribution in [0.1, 0.15) is 36.1 Å². The van der Waals surface area contributed by atoms with Crippen LogP contribution in [0.3, 0.4) is 0 Å². The van der Waals surface area contributed by atoms with Crippen molar-refractivity contribution in [2.45, 2.75) is 25.8 Å². The second-order valence-corrected chi connectivity index (χ2v) is 5.46. The molecule has 1 atom stereocenters. The Labute approximate surface area is 124 Å². The van der Waals surface area contributed by atoms with Gasteiger partial charge in [0.1, 0.15) is 0 Å². The molecular weight excluding hydrogens is 277 g/mol. The van der Waals surface area contributed by atoms with Gasteiger partial charge in [0, 0.05) is 0 Å². The van der Waals surface area contributed by atoms with Gasteiger partial charge in [-0.2, -0.15) is 0 Å². The van der Waals surface area contributed by atoms with Gasteiger partial charge >= 0.3 is 0 Å². The lowest BCUT2D eigenvalue weighted by Gasteiger charge is -2.14. The highest BCUT2D eigenvalue weighted by atomic mass is 35.5. The second kappa shape index (κ2) is 6.42. The largest absolute Gasteiger partial charge is 0.320 e. The molecule has 2 rings (SSSR count). The first-order valence-corrected chi connectivity index (χ1v) is 7.16. The van der Waals surface area contributed by atoms with Gasteiger partial charge in [0.2, 0.25) is 0 Å². The van der Waals surface area contributed by atoms with E-state index in [1.165, 1.54) is 5.56 Å². The Morgan fingerprint density at radius 2 is 1.58 bits per heavy atom. The molecule has 0 saturated carbocycles. The van der Waals surface area contributed by atoms with E-state index in [1.807, 2.05) is 12.1 Å². The SMILES string of the molecule is CCCc1ccc(C(N)c2ccc(Cl)c(Cl)c2)cc1. The third-order valence-corrected chi connectivity index (χ3v) is 3.92. The number of benzene rings is 2. The normalized spacial score (nSPS) is 12.4. The van der Waals surface area contributed by atoms with Crippen LogP contribution >= 0.6 is 23.2 Å². The van der Waals surface area contributed by atoms with Crippen LogP contribution in [-0.4, -0.2) is 0 Å². The predicted molar refractivity (Wildman–Crippen MR) is 82.9 cm³/mol. The Bertz CT molecular complexity index is 549. The summed E-state index contributed by atoms with van der Waals surface area (Å²) in [7, 11) is 0.